The molecule has 1 aromatic carbocycles. The average Bonchev–Trinajstić information content (AvgIpc) is 3.16. The lowest BCUT2D eigenvalue weighted by atomic mass is 10.1. The highest BCUT2D eigenvalue weighted by molar-refractivity contribution is 6.31. The van der Waals surface area contributed by atoms with Crippen LogP contribution in [0.15, 0.2) is 12.1 Å². The third-order valence-corrected chi connectivity index (χ3v) is 4.02. The van der Waals surface area contributed by atoms with Gasteiger partial charge < -0.3 is 20.3 Å². The van der Waals surface area contributed by atoms with Gasteiger partial charge in [-0.25, -0.2) is 0 Å². The first-order valence-corrected chi connectivity index (χ1v) is 6.46. The number of fused-ring (bicyclic) bond motifs is 1. The van der Waals surface area contributed by atoms with Crippen LogP contribution >= 0.6 is 11.6 Å². The van der Waals surface area contributed by atoms with Crippen molar-refractivity contribution in [1.29, 1.82) is 0 Å². The molecular formula is C13H14ClNO4. The lowest BCUT2D eigenvalue weighted by Crippen LogP contribution is -2.21. The lowest BCUT2D eigenvalue weighted by molar-refractivity contribution is -0.138. The molecule has 6 heteroatoms. The number of hydrogen-bond donors (Lipinski definition) is 2. The number of carboxylic acid groups (broad SMARTS) is 1. The zero-order valence-corrected chi connectivity index (χ0v) is 10.9. The predicted molar refractivity (Wildman–Crippen MR) is 68.7 cm³/mol. The fourth-order valence-electron chi connectivity index (χ4n) is 2.12. The maximum atomic E-state index is 10.9. The third-order valence-electron chi connectivity index (χ3n) is 3.69. The summed E-state index contributed by atoms with van der Waals surface area (Å²) in [7, 11) is 0. The SMILES string of the molecule is NC(C(=O)O)c1cc2c(cc1Cl)OCC1(CC1)CO2. The minimum Gasteiger partial charge on any atom is -0.489 e. The maximum absolute atomic E-state index is 10.9. The number of ether oxygens (including phenoxy) is 2. The molecule has 5 nitrogen and oxygen atoms in total. The van der Waals surface area contributed by atoms with E-state index in [-0.39, 0.29) is 10.4 Å². The molecule has 1 heterocycles. The Hall–Kier alpha value is -1.46. The van der Waals surface area contributed by atoms with Crippen molar-refractivity contribution in [3.63, 3.8) is 0 Å². The molecule has 1 aromatic rings. The summed E-state index contributed by atoms with van der Waals surface area (Å²) in [5.41, 5.74) is 6.06. The van der Waals surface area contributed by atoms with Crippen LogP contribution in [-0.2, 0) is 4.79 Å². The Morgan fingerprint density at radius 3 is 2.42 bits per heavy atom. The van der Waals surface area contributed by atoms with Gasteiger partial charge in [0, 0.05) is 22.1 Å². The number of nitrogens with two attached hydrogens (primary N) is 1. The smallest absolute Gasteiger partial charge is 0.325 e. The van der Waals surface area contributed by atoms with Crippen molar-refractivity contribution < 1.29 is 19.4 Å². The Bertz CT molecular complexity index is 542. The summed E-state index contributed by atoms with van der Waals surface area (Å²) in [5, 5.41) is 9.24. The van der Waals surface area contributed by atoms with Crippen molar-refractivity contribution in [1.82, 2.24) is 0 Å². The number of halogens is 1. The monoisotopic (exact) mass is 283 g/mol. The summed E-state index contributed by atoms with van der Waals surface area (Å²) < 4.78 is 11.4. The largest absolute Gasteiger partial charge is 0.489 e. The van der Waals surface area contributed by atoms with Crippen LogP contribution in [0.2, 0.25) is 5.02 Å². The van der Waals surface area contributed by atoms with Crippen LogP contribution in [-0.4, -0.2) is 24.3 Å². The number of benzene rings is 1. The van der Waals surface area contributed by atoms with E-state index in [1.807, 2.05) is 0 Å². The van der Waals surface area contributed by atoms with E-state index in [2.05, 4.69) is 0 Å². The van der Waals surface area contributed by atoms with Crippen LogP contribution in [0.25, 0.3) is 0 Å². The first-order valence-electron chi connectivity index (χ1n) is 6.08. The van der Waals surface area contributed by atoms with Crippen LogP contribution in [0.1, 0.15) is 24.4 Å². The molecule has 2 aliphatic rings. The molecule has 1 atom stereocenters. The minimum absolute atomic E-state index is 0.126. The summed E-state index contributed by atoms with van der Waals surface area (Å²) in [6.45, 7) is 1.20. The molecule has 1 unspecified atom stereocenters. The van der Waals surface area contributed by atoms with Crippen molar-refractivity contribution >= 4 is 17.6 Å². The molecule has 1 spiro atoms. The fraction of sp³-hybridized carbons (Fsp3) is 0.462. The first kappa shape index (κ1) is 12.6. The highest BCUT2D eigenvalue weighted by Gasteiger charge is 2.46. The Labute approximate surface area is 115 Å². The number of carbonyl (C=O) groups is 1. The van der Waals surface area contributed by atoms with Crippen LogP contribution in [0.4, 0.5) is 0 Å². The molecule has 19 heavy (non-hydrogen) atoms. The second-order valence-electron chi connectivity index (χ2n) is 5.21. The summed E-state index contributed by atoms with van der Waals surface area (Å²) in [6, 6.07) is 1.98. The zero-order chi connectivity index (χ0) is 13.6. The van der Waals surface area contributed by atoms with E-state index in [1.54, 1.807) is 12.1 Å². The van der Waals surface area contributed by atoms with Gasteiger partial charge in [0.15, 0.2) is 11.5 Å². The normalized spacial score (nSPS) is 20.7. The van der Waals surface area contributed by atoms with Crippen LogP contribution in [0, 0.1) is 5.41 Å². The molecule has 0 radical (unpaired) electrons. The van der Waals surface area contributed by atoms with Crippen molar-refractivity contribution in [3.05, 3.63) is 22.7 Å². The van der Waals surface area contributed by atoms with E-state index in [4.69, 9.17) is 31.9 Å². The highest BCUT2D eigenvalue weighted by Crippen LogP contribution is 2.49. The van der Waals surface area contributed by atoms with Gasteiger partial charge in [-0.15, -0.1) is 0 Å². The van der Waals surface area contributed by atoms with Gasteiger partial charge in [0.05, 0.1) is 13.2 Å². The highest BCUT2D eigenvalue weighted by atomic mass is 35.5. The van der Waals surface area contributed by atoms with Gasteiger partial charge >= 0.3 is 5.97 Å². The summed E-state index contributed by atoms with van der Waals surface area (Å²) in [6.07, 6.45) is 2.19. The standard InChI is InChI=1S/C13H14ClNO4/c14-8-4-10-9(3-7(8)11(15)12(16)17)18-5-13(1-2-13)6-19-10/h3-4,11H,1-2,5-6,15H2,(H,16,17). The van der Waals surface area contributed by atoms with Gasteiger partial charge in [-0.1, -0.05) is 11.6 Å². The maximum Gasteiger partial charge on any atom is 0.325 e. The topological polar surface area (TPSA) is 81.8 Å². The molecular weight excluding hydrogens is 270 g/mol. The molecule has 1 saturated carbocycles. The van der Waals surface area contributed by atoms with Gasteiger partial charge in [0.25, 0.3) is 0 Å². The number of rotatable bonds is 2. The average molecular weight is 284 g/mol. The van der Waals surface area contributed by atoms with Gasteiger partial charge in [0.2, 0.25) is 0 Å². The van der Waals surface area contributed by atoms with E-state index < -0.39 is 12.0 Å². The third kappa shape index (κ3) is 2.24. The Morgan fingerprint density at radius 2 is 1.89 bits per heavy atom. The summed E-state index contributed by atoms with van der Waals surface area (Å²) in [5.74, 6) is -0.0648. The van der Waals surface area contributed by atoms with Crippen LogP contribution in [0.3, 0.4) is 0 Å². The van der Waals surface area contributed by atoms with Crippen molar-refractivity contribution in [3.8, 4) is 11.5 Å². The van der Waals surface area contributed by atoms with Gasteiger partial charge in [-0.3, -0.25) is 4.79 Å². The molecule has 3 N–H and O–H groups in total. The fourth-order valence-corrected chi connectivity index (χ4v) is 2.39. The number of aliphatic carboxylic acids is 1. The van der Waals surface area contributed by atoms with E-state index in [9.17, 15) is 4.79 Å². The van der Waals surface area contributed by atoms with E-state index in [0.29, 0.717) is 30.3 Å². The Kier molecular flexibility index (Phi) is 2.83. The Morgan fingerprint density at radius 1 is 1.32 bits per heavy atom. The number of carboxylic acids is 1. The van der Waals surface area contributed by atoms with E-state index in [0.717, 1.165) is 12.8 Å². The minimum atomic E-state index is -1.17. The van der Waals surface area contributed by atoms with E-state index >= 15 is 0 Å². The second-order valence-corrected chi connectivity index (χ2v) is 5.62. The van der Waals surface area contributed by atoms with Gasteiger partial charge in [0.1, 0.15) is 6.04 Å². The van der Waals surface area contributed by atoms with Gasteiger partial charge in [-0.2, -0.15) is 0 Å². The first-order chi connectivity index (χ1) is 9.01. The van der Waals surface area contributed by atoms with Crippen LogP contribution in [0.5, 0.6) is 11.5 Å². The van der Waals surface area contributed by atoms with Crippen molar-refractivity contribution in [2.75, 3.05) is 13.2 Å². The molecule has 1 fully saturated rings. The summed E-state index contributed by atoms with van der Waals surface area (Å²) in [4.78, 5) is 10.9. The van der Waals surface area contributed by atoms with E-state index in [1.165, 1.54) is 0 Å². The molecule has 0 amide bonds. The zero-order valence-electron chi connectivity index (χ0n) is 10.2. The summed E-state index contributed by atoms with van der Waals surface area (Å²) >= 11 is 6.06. The van der Waals surface area contributed by atoms with Gasteiger partial charge in [-0.05, 0) is 18.9 Å². The molecule has 1 aliphatic heterocycles. The van der Waals surface area contributed by atoms with Crippen LogP contribution < -0.4 is 15.2 Å². The molecule has 0 saturated heterocycles. The quantitative estimate of drug-likeness (QED) is 0.867. The van der Waals surface area contributed by atoms with Crippen molar-refractivity contribution in [2.45, 2.75) is 18.9 Å². The van der Waals surface area contributed by atoms with Crippen molar-refractivity contribution in [2.24, 2.45) is 11.1 Å². The number of hydrogen-bond acceptors (Lipinski definition) is 4. The Balaban J connectivity index is 1.94. The molecule has 102 valence electrons. The molecule has 0 bridgehead atoms. The predicted octanol–water partition coefficient (Wildman–Crippen LogP) is 1.98. The molecule has 3 rings (SSSR count). The second kappa shape index (κ2) is 4.28. The molecule has 1 aliphatic carbocycles. The lowest BCUT2D eigenvalue weighted by Gasteiger charge is -2.13. The molecule has 0 aromatic heterocycles.